The van der Waals surface area contributed by atoms with E-state index in [2.05, 4.69) is 32.5 Å². The number of halogens is 5. The Morgan fingerprint density at radius 3 is 2.80 bits per heavy atom. The molecule has 134 valence electrons. The second-order valence-corrected chi connectivity index (χ2v) is 6.31. The van der Waals surface area contributed by atoms with Gasteiger partial charge in [0.1, 0.15) is 4.55 Å². The van der Waals surface area contributed by atoms with E-state index in [9.17, 15) is 18.0 Å². The Balaban J connectivity index is 0.000000431. The number of rotatable bonds is 1. The lowest BCUT2D eigenvalue weighted by molar-refractivity contribution is -0.239. The van der Waals surface area contributed by atoms with Gasteiger partial charge in [0.05, 0.1) is 5.69 Å². The average molecular weight is 488 g/mol. The van der Waals surface area contributed by atoms with Gasteiger partial charge in [0.25, 0.3) is 5.60 Å². The maximum Gasteiger partial charge on any atom is 0.445 e. The molecule has 1 fully saturated rings. The summed E-state index contributed by atoms with van der Waals surface area (Å²) in [6.45, 7) is 0. The van der Waals surface area contributed by atoms with E-state index in [1.165, 1.54) is 12.1 Å². The Kier molecular flexibility index (Phi) is 5.68. The molecule has 1 amide bonds. The minimum Gasteiger partial charge on any atom is -0.415 e. The van der Waals surface area contributed by atoms with Gasteiger partial charge in [0, 0.05) is 16.5 Å². The highest BCUT2D eigenvalue weighted by Gasteiger charge is 2.62. The SMILES string of the molecule is O=C1Nc2ccc(Cl)cc2[C@@](C#CC2CC2)(C(F)(F)F)O1.[3H]N=NCI. The van der Waals surface area contributed by atoms with E-state index in [1.54, 1.807) is 0 Å². The fraction of sp³-hybridized carbons (Fsp3) is 0.400. The summed E-state index contributed by atoms with van der Waals surface area (Å²) in [5.74, 6) is 4.60. The smallest absolute Gasteiger partial charge is 0.415 e. The molecule has 0 spiro atoms. The Morgan fingerprint density at radius 2 is 2.28 bits per heavy atom. The molecule has 0 saturated heterocycles. The number of anilines is 1. The maximum atomic E-state index is 13.6. The fourth-order valence-corrected chi connectivity index (χ4v) is 2.22. The van der Waals surface area contributed by atoms with Crippen LogP contribution in [0.25, 0.3) is 0 Å². The van der Waals surface area contributed by atoms with E-state index >= 15 is 0 Å². The molecule has 5 nitrogen and oxygen atoms in total. The molecule has 1 aliphatic carbocycles. The highest BCUT2D eigenvalue weighted by Crippen LogP contribution is 2.48. The Morgan fingerprint density at radius 1 is 1.56 bits per heavy atom. The van der Waals surface area contributed by atoms with Crippen LogP contribution in [-0.2, 0) is 10.3 Å². The van der Waals surface area contributed by atoms with E-state index in [0.29, 0.717) is 4.55 Å². The van der Waals surface area contributed by atoms with Crippen LogP contribution in [0, 0.1) is 23.3 Å². The Hall–Kier alpha value is -1.54. The van der Waals surface area contributed by atoms with Crippen LogP contribution >= 0.6 is 34.2 Å². The van der Waals surface area contributed by atoms with Crippen molar-refractivity contribution < 1.29 is 24.1 Å². The first-order valence-corrected chi connectivity index (χ1v) is 8.90. The molecule has 0 radical (unpaired) electrons. The van der Waals surface area contributed by atoms with Crippen LogP contribution in [0.5, 0.6) is 0 Å². The third-order valence-corrected chi connectivity index (χ3v) is 3.87. The van der Waals surface area contributed by atoms with Crippen LogP contribution in [-0.4, -0.2) is 16.8 Å². The lowest BCUT2D eigenvalue weighted by Gasteiger charge is -2.35. The predicted octanol–water partition coefficient (Wildman–Crippen LogP) is 5.48. The molecule has 3 rings (SSSR count). The highest BCUT2D eigenvalue weighted by atomic mass is 127. The molecule has 2 aliphatic rings. The van der Waals surface area contributed by atoms with E-state index in [4.69, 9.17) is 13.0 Å². The number of benzene rings is 1. The van der Waals surface area contributed by atoms with Crippen LogP contribution in [0.3, 0.4) is 0 Å². The molecule has 25 heavy (non-hydrogen) atoms. The van der Waals surface area contributed by atoms with Crippen LogP contribution in [0.15, 0.2) is 23.3 Å². The van der Waals surface area contributed by atoms with E-state index < -0.39 is 17.9 Å². The van der Waals surface area contributed by atoms with Crippen molar-refractivity contribution in [3.8, 4) is 11.8 Å². The summed E-state index contributed by atoms with van der Waals surface area (Å²) in [4.78, 5) is 11.5. The zero-order valence-corrected chi connectivity index (χ0v) is 15.4. The summed E-state index contributed by atoms with van der Waals surface area (Å²) in [5.41, 5.74) is -0.550. The van der Waals surface area contributed by atoms with Crippen molar-refractivity contribution in [2.45, 2.75) is 24.6 Å². The summed E-state index contributed by atoms with van der Waals surface area (Å²) >= 11 is 7.79. The van der Waals surface area contributed by atoms with Gasteiger partial charge in [0.2, 0.25) is 1.41 Å². The minimum atomic E-state index is -4.87. The molecule has 1 aromatic rings. The van der Waals surface area contributed by atoms with Gasteiger partial charge < -0.3 is 4.74 Å². The minimum absolute atomic E-state index is 0.00179. The summed E-state index contributed by atoms with van der Waals surface area (Å²) in [5, 5.41) is 5.59. The number of amides is 1. The normalized spacial score (nSPS) is 22.4. The van der Waals surface area contributed by atoms with Crippen molar-refractivity contribution in [3.05, 3.63) is 28.8 Å². The molecular weight excluding hydrogens is 474 g/mol. The number of hydrogen-bond donors (Lipinski definition) is 2. The highest BCUT2D eigenvalue weighted by molar-refractivity contribution is 14.1. The topological polar surface area (TPSA) is 74.5 Å². The number of cyclic esters (lactones) is 1. The van der Waals surface area contributed by atoms with Crippen molar-refractivity contribution in [1.29, 1.82) is 5.52 Å². The fourth-order valence-electron chi connectivity index (χ4n) is 2.05. The van der Waals surface area contributed by atoms with Crippen molar-refractivity contribution in [3.63, 3.8) is 0 Å². The van der Waals surface area contributed by atoms with Gasteiger partial charge in [-0.05, 0) is 37.0 Å². The number of nitrogens with one attached hydrogen (secondary N) is 2. The first kappa shape index (κ1) is 18.3. The second kappa shape index (κ2) is 7.78. The molecule has 1 aliphatic heterocycles. The second-order valence-electron chi connectivity index (χ2n) is 5.19. The Bertz CT molecular complexity index is 778. The standard InChI is InChI=1S/C14H9ClF3NO2.CH3IN2/c15-9-3-4-11-10(7-9)13(14(16,17)18,21-12(20)19-11)6-5-8-1-2-8;2-1-4-3/h3-4,7-8H,1-2H2,(H,19,20);3H,1H2/t13-;/m0./s1/i/hT. The van der Waals surface area contributed by atoms with Crippen LogP contribution < -0.4 is 5.32 Å². The summed E-state index contributed by atoms with van der Waals surface area (Å²) in [7, 11) is 0. The van der Waals surface area contributed by atoms with E-state index in [-0.39, 0.29) is 22.2 Å². The average Bonchev–Trinajstić information content (AvgIpc) is 3.38. The third-order valence-electron chi connectivity index (χ3n) is 3.33. The zero-order valence-electron chi connectivity index (χ0n) is 13.5. The predicted molar refractivity (Wildman–Crippen MR) is 93.8 cm³/mol. The van der Waals surface area contributed by atoms with Crippen molar-refractivity contribution in [2.75, 3.05) is 9.87 Å². The number of fused-ring (bicyclic) bond motifs is 1. The Labute approximate surface area is 161 Å². The zero-order chi connectivity index (χ0) is 19.4. The number of carbonyl (C=O) groups excluding carboxylic acids is 1. The molecule has 10 heteroatoms. The molecule has 0 aromatic heterocycles. The van der Waals surface area contributed by atoms with Gasteiger partial charge in [-0.25, -0.2) is 10.3 Å². The van der Waals surface area contributed by atoms with E-state index in [1.807, 2.05) is 22.6 Å². The first-order chi connectivity index (χ1) is 12.2. The molecule has 2 N–H and O–H groups in total. The molecular formula is C15H12ClF3IN3O2. The molecule has 1 heterocycles. The number of hydrogen-bond acceptors (Lipinski definition) is 4. The van der Waals surface area contributed by atoms with Crippen molar-refractivity contribution >= 4 is 46.0 Å². The quantitative estimate of drug-likeness (QED) is 0.181. The van der Waals surface area contributed by atoms with Crippen LogP contribution in [0.1, 0.15) is 18.4 Å². The summed E-state index contributed by atoms with van der Waals surface area (Å²) < 4.78 is 52.0. The lowest BCUT2D eigenvalue weighted by Crippen LogP contribution is -2.49. The van der Waals surface area contributed by atoms with Gasteiger partial charge in [-0.3, -0.25) is 5.32 Å². The number of carbonyl (C=O) groups is 1. The van der Waals surface area contributed by atoms with Gasteiger partial charge in [0.15, 0.2) is 0 Å². The lowest BCUT2D eigenvalue weighted by atomic mass is 9.90. The van der Waals surface area contributed by atoms with Gasteiger partial charge in [-0.2, -0.15) is 18.3 Å². The molecule has 0 bridgehead atoms. The largest absolute Gasteiger partial charge is 0.445 e. The first-order valence-electron chi connectivity index (χ1n) is 7.44. The molecule has 1 saturated carbocycles. The molecule has 1 aromatic carbocycles. The number of alkyl halides is 4. The van der Waals surface area contributed by atoms with Gasteiger partial charge in [-0.1, -0.05) is 40.1 Å². The van der Waals surface area contributed by atoms with E-state index in [0.717, 1.165) is 18.9 Å². The van der Waals surface area contributed by atoms with Crippen molar-refractivity contribution in [1.82, 2.24) is 0 Å². The number of nitrogens with zero attached hydrogens (tertiary/aromatic N) is 1. The maximum absolute atomic E-state index is 13.6. The number of ether oxygens (including phenoxy) is 1. The monoisotopic (exact) mass is 487 g/mol. The summed E-state index contributed by atoms with van der Waals surface area (Å²) in [6.07, 6.45) is -4.54. The van der Waals surface area contributed by atoms with Crippen LogP contribution in [0.4, 0.5) is 23.7 Å². The molecule has 1 atom stereocenters. The summed E-state index contributed by atoms with van der Waals surface area (Å²) in [6, 6.07) is 3.81. The van der Waals surface area contributed by atoms with Gasteiger partial charge in [-0.15, -0.1) is 0 Å². The third kappa shape index (κ3) is 4.55. The van der Waals surface area contributed by atoms with Crippen LogP contribution in [0.2, 0.25) is 6.43 Å². The van der Waals surface area contributed by atoms with Gasteiger partial charge >= 0.3 is 12.3 Å². The van der Waals surface area contributed by atoms with Crippen molar-refractivity contribution in [2.24, 2.45) is 11.0 Å². The molecule has 0 unspecified atom stereocenters.